The molecule has 0 saturated carbocycles. The Labute approximate surface area is 126 Å². The number of carboxylic acids is 1. The van der Waals surface area contributed by atoms with Gasteiger partial charge in [-0.1, -0.05) is 0 Å². The smallest absolute Gasteiger partial charge is 0.331 e. The molecule has 0 aromatic carbocycles. The molecule has 1 atom stereocenters. The van der Waals surface area contributed by atoms with Gasteiger partial charge in [-0.05, 0) is 13.3 Å². The third-order valence-corrected chi connectivity index (χ3v) is 4.30. The first-order valence-corrected chi connectivity index (χ1v) is 7.24. The molecule has 1 aromatic heterocycles. The molecular formula is C15H17NO6. The second-order valence-electron chi connectivity index (χ2n) is 5.78. The van der Waals surface area contributed by atoms with Crippen LogP contribution < -0.4 is 5.32 Å². The average molecular weight is 307 g/mol. The highest BCUT2D eigenvalue weighted by Crippen LogP contribution is 2.30. The van der Waals surface area contributed by atoms with Gasteiger partial charge in [0.25, 0.3) is 5.91 Å². The van der Waals surface area contributed by atoms with Crippen LogP contribution in [0.2, 0.25) is 0 Å². The Morgan fingerprint density at radius 2 is 2.09 bits per heavy atom. The summed E-state index contributed by atoms with van der Waals surface area (Å²) in [7, 11) is 0. The van der Waals surface area contributed by atoms with Crippen molar-refractivity contribution < 1.29 is 28.6 Å². The number of ketones is 1. The summed E-state index contributed by atoms with van der Waals surface area (Å²) in [6.07, 6.45) is 1.96. The molecular weight excluding hydrogens is 290 g/mol. The van der Waals surface area contributed by atoms with E-state index >= 15 is 0 Å². The van der Waals surface area contributed by atoms with E-state index < -0.39 is 17.4 Å². The van der Waals surface area contributed by atoms with Crippen molar-refractivity contribution in [2.75, 3.05) is 13.2 Å². The molecule has 22 heavy (non-hydrogen) atoms. The van der Waals surface area contributed by atoms with Gasteiger partial charge in [0.1, 0.15) is 5.76 Å². The number of hydrogen-bond donors (Lipinski definition) is 2. The maximum Gasteiger partial charge on any atom is 0.331 e. The molecule has 1 amide bonds. The second-order valence-corrected chi connectivity index (χ2v) is 5.78. The highest BCUT2D eigenvalue weighted by Gasteiger charge is 2.45. The van der Waals surface area contributed by atoms with Crippen LogP contribution in [-0.4, -0.2) is 41.5 Å². The van der Waals surface area contributed by atoms with Gasteiger partial charge in [-0.3, -0.25) is 9.59 Å². The van der Waals surface area contributed by atoms with Crippen molar-refractivity contribution in [1.29, 1.82) is 0 Å². The first kappa shape index (κ1) is 14.8. The Kier molecular flexibility index (Phi) is 3.52. The third kappa shape index (κ3) is 2.21. The van der Waals surface area contributed by atoms with E-state index in [4.69, 9.17) is 9.15 Å². The summed E-state index contributed by atoms with van der Waals surface area (Å²) >= 11 is 0. The molecule has 0 spiro atoms. The number of furan rings is 1. The number of hydrogen-bond acceptors (Lipinski definition) is 5. The molecule has 1 aliphatic carbocycles. The van der Waals surface area contributed by atoms with Crippen LogP contribution in [0.5, 0.6) is 0 Å². The fraction of sp³-hybridized carbons (Fsp3) is 0.533. The van der Waals surface area contributed by atoms with Crippen molar-refractivity contribution in [1.82, 2.24) is 5.32 Å². The summed E-state index contributed by atoms with van der Waals surface area (Å²) in [5.41, 5.74) is -0.471. The summed E-state index contributed by atoms with van der Waals surface area (Å²) in [6.45, 7) is 1.85. The summed E-state index contributed by atoms with van der Waals surface area (Å²) in [5, 5.41) is 11.9. The Bertz CT molecular complexity index is 653. The zero-order valence-electron chi connectivity index (χ0n) is 12.2. The maximum absolute atomic E-state index is 12.4. The van der Waals surface area contributed by atoms with Crippen LogP contribution in [0, 0.1) is 6.92 Å². The van der Waals surface area contributed by atoms with Crippen molar-refractivity contribution in [2.45, 2.75) is 38.1 Å². The number of carbonyl (C=O) groups excluding carboxylic acids is 2. The molecule has 2 heterocycles. The fourth-order valence-electron chi connectivity index (χ4n) is 3.03. The number of ether oxygens (including phenoxy) is 1. The number of carbonyl (C=O) groups is 3. The van der Waals surface area contributed by atoms with Crippen LogP contribution >= 0.6 is 0 Å². The molecule has 1 aromatic rings. The van der Waals surface area contributed by atoms with Gasteiger partial charge in [-0.15, -0.1) is 0 Å². The SMILES string of the molecule is Cc1c(C(=O)NC2(C(=O)O)CCOC2)oc2c1C(=O)CCC2. The van der Waals surface area contributed by atoms with E-state index in [-0.39, 0.29) is 31.2 Å². The number of fused-ring (bicyclic) bond motifs is 1. The Morgan fingerprint density at radius 3 is 2.68 bits per heavy atom. The van der Waals surface area contributed by atoms with Crippen molar-refractivity contribution in [3.05, 3.63) is 22.6 Å². The maximum atomic E-state index is 12.4. The normalized spacial score (nSPS) is 24.1. The van der Waals surface area contributed by atoms with Crippen LogP contribution in [-0.2, 0) is 16.0 Å². The number of rotatable bonds is 3. The molecule has 3 rings (SSSR count). The van der Waals surface area contributed by atoms with E-state index in [1.807, 2.05) is 0 Å². The van der Waals surface area contributed by atoms with Gasteiger partial charge >= 0.3 is 5.97 Å². The molecule has 7 nitrogen and oxygen atoms in total. The molecule has 0 bridgehead atoms. The van der Waals surface area contributed by atoms with E-state index in [2.05, 4.69) is 5.32 Å². The highest BCUT2D eigenvalue weighted by atomic mass is 16.5. The van der Waals surface area contributed by atoms with Crippen LogP contribution in [0.1, 0.15) is 51.5 Å². The molecule has 118 valence electrons. The van der Waals surface area contributed by atoms with Crippen LogP contribution in [0.4, 0.5) is 0 Å². The topological polar surface area (TPSA) is 106 Å². The highest BCUT2D eigenvalue weighted by molar-refractivity contribution is 6.04. The number of Topliss-reactive ketones (excluding diaryl/α,β-unsaturated/α-hetero) is 1. The quantitative estimate of drug-likeness (QED) is 0.865. The summed E-state index contributed by atoms with van der Waals surface area (Å²) in [5.74, 6) is -1.24. The van der Waals surface area contributed by atoms with E-state index in [0.29, 0.717) is 36.1 Å². The molecule has 7 heteroatoms. The van der Waals surface area contributed by atoms with E-state index in [1.165, 1.54) is 0 Å². The Hall–Kier alpha value is -2.15. The minimum absolute atomic E-state index is 0.0211. The van der Waals surface area contributed by atoms with Crippen molar-refractivity contribution in [2.24, 2.45) is 0 Å². The van der Waals surface area contributed by atoms with Gasteiger partial charge in [0.15, 0.2) is 17.1 Å². The predicted octanol–water partition coefficient (Wildman–Crippen LogP) is 1.08. The van der Waals surface area contributed by atoms with Crippen LogP contribution in [0.25, 0.3) is 0 Å². The molecule has 1 aliphatic heterocycles. The van der Waals surface area contributed by atoms with Crippen LogP contribution in [0.15, 0.2) is 4.42 Å². The summed E-state index contributed by atoms with van der Waals surface area (Å²) < 4.78 is 10.6. The number of aryl methyl sites for hydroxylation is 1. The predicted molar refractivity (Wildman–Crippen MR) is 74.0 cm³/mol. The fourth-order valence-corrected chi connectivity index (χ4v) is 3.03. The Morgan fingerprint density at radius 1 is 1.32 bits per heavy atom. The molecule has 1 saturated heterocycles. The number of nitrogens with one attached hydrogen (secondary N) is 1. The lowest BCUT2D eigenvalue weighted by Crippen LogP contribution is -2.55. The lowest BCUT2D eigenvalue weighted by molar-refractivity contribution is -0.144. The average Bonchev–Trinajstić information content (AvgIpc) is 3.05. The van der Waals surface area contributed by atoms with Crippen molar-refractivity contribution in [3.8, 4) is 0 Å². The zero-order chi connectivity index (χ0) is 15.9. The van der Waals surface area contributed by atoms with E-state index in [1.54, 1.807) is 6.92 Å². The second kappa shape index (κ2) is 5.24. The number of aliphatic carboxylic acids is 1. The van der Waals surface area contributed by atoms with Gasteiger partial charge in [0.05, 0.1) is 12.2 Å². The zero-order valence-corrected chi connectivity index (χ0v) is 12.2. The number of carboxylic acid groups (broad SMARTS) is 1. The summed E-state index contributed by atoms with van der Waals surface area (Å²) in [4.78, 5) is 35.8. The first-order chi connectivity index (χ1) is 10.4. The summed E-state index contributed by atoms with van der Waals surface area (Å²) in [6, 6.07) is 0. The minimum Gasteiger partial charge on any atom is -0.479 e. The van der Waals surface area contributed by atoms with E-state index in [0.717, 1.165) is 0 Å². The van der Waals surface area contributed by atoms with E-state index in [9.17, 15) is 19.5 Å². The largest absolute Gasteiger partial charge is 0.479 e. The van der Waals surface area contributed by atoms with Crippen molar-refractivity contribution >= 4 is 17.7 Å². The van der Waals surface area contributed by atoms with Crippen molar-refractivity contribution in [3.63, 3.8) is 0 Å². The lowest BCUT2D eigenvalue weighted by atomic mass is 9.93. The molecule has 0 radical (unpaired) electrons. The molecule has 1 unspecified atom stereocenters. The van der Waals surface area contributed by atoms with Gasteiger partial charge in [0, 0.05) is 31.4 Å². The standard InChI is InChI=1S/C15H17NO6/c1-8-11-9(17)3-2-4-10(11)22-12(8)13(18)16-15(14(19)20)5-6-21-7-15/h2-7H2,1H3,(H,16,18)(H,19,20). The number of amides is 1. The first-order valence-electron chi connectivity index (χ1n) is 7.24. The lowest BCUT2D eigenvalue weighted by Gasteiger charge is -2.23. The molecule has 1 fully saturated rings. The third-order valence-electron chi connectivity index (χ3n) is 4.30. The Balaban J connectivity index is 1.90. The molecule has 2 N–H and O–H groups in total. The molecule has 2 aliphatic rings. The van der Waals surface area contributed by atoms with Gasteiger partial charge in [-0.25, -0.2) is 4.79 Å². The van der Waals surface area contributed by atoms with Gasteiger partial charge in [0.2, 0.25) is 0 Å². The van der Waals surface area contributed by atoms with Gasteiger partial charge in [-0.2, -0.15) is 0 Å². The minimum atomic E-state index is -1.43. The van der Waals surface area contributed by atoms with Crippen LogP contribution in [0.3, 0.4) is 0 Å². The monoisotopic (exact) mass is 307 g/mol. The van der Waals surface area contributed by atoms with Gasteiger partial charge < -0.3 is 19.6 Å².